The molecule has 0 nitrogen and oxygen atoms in total. The maximum absolute atomic E-state index is 2.46. The van der Waals surface area contributed by atoms with Crippen LogP contribution in [0.5, 0.6) is 0 Å². The largest absolute Gasteiger partial charge is 0.0654 e. The Kier molecular flexibility index (Phi) is 17.1. The third kappa shape index (κ3) is 16.1. The summed E-state index contributed by atoms with van der Waals surface area (Å²) in [6, 6.07) is 0. The number of rotatable bonds is 16. The van der Waals surface area contributed by atoms with Crippen molar-refractivity contribution in [3.63, 3.8) is 0 Å². The second-order valence-electron chi connectivity index (χ2n) is 6.77. The lowest BCUT2D eigenvalue weighted by Gasteiger charge is -2.10. The van der Waals surface area contributed by atoms with Gasteiger partial charge in [0.05, 0.1) is 0 Å². The van der Waals surface area contributed by atoms with Crippen LogP contribution in [-0.2, 0) is 0 Å². The first-order chi connectivity index (χ1) is 9.81. The van der Waals surface area contributed by atoms with Crippen LogP contribution < -0.4 is 0 Å². The standard InChI is InChI=1S/C20H41/c1-4-6-8-10-11-12-13-15-17-19-20(3)18-16-14-9-7-5-2/h5,20H,4,6-19H2,1-3H3. The Morgan fingerprint density at radius 1 is 0.650 bits per heavy atom. The molecule has 1 radical (unpaired) electrons. The first-order valence-corrected chi connectivity index (χ1v) is 9.59. The molecule has 0 rings (SSSR count). The summed E-state index contributed by atoms with van der Waals surface area (Å²) in [7, 11) is 0. The highest BCUT2D eigenvalue weighted by molar-refractivity contribution is 4.58. The number of unbranched alkanes of at least 4 members (excludes halogenated alkanes) is 12. The molecule has 0 aromatic heterocycles. The second kappa shape index (κ2) is 17.1. The van der Waals surface area contributed by atoms with E-state index in [1.807, 2.05) is 0 Å². The van der Waals surface area contributed by atoms with Crippen LogP contribution in [0.1, 0.15) is 117 Å². The molecule has 0 heterocycles. The Labute approximate surface area is 130 Å². The van der Waals surface area contributed by atoms with Crippen molar-refractivity contribution in [3.8, 4) is 0 Å². The molecule has 0 aliphatic carbocycles. The Hall–Kier alpha value is 0. The third-order valence-corrected chi connectivity index (χ3v) is 4.49. The van der Waals surface area contributed by atoms with Crippen LogP contribution in [0.25, 0.3) is 0 Å². The van der Waals surface area contributed by atoms with Gasteiger partial charge in [0.1, 0.15) is 0 Å². The Balaban J connectivity index is 3.09. The van der Waals surface area contributed by atoms with Crippen molar-refractivity contribution in [1.29, 1.82) is 0 Å². The van der Waals surface area contributed by atoms with Gasteiger partial charge in [-0.05, 0) is 12.3 Å². The monoisotopic (exact) mass is 281 g/mol. The van der Waals surface area contributed by atoms with Crippen LogP contribution in [-0.4, -0.2) is 0 Å². The summed E-state index contributed by atoms with van der Waals surface area (Å²) < 4.78 is 0. The molecule has 1 unspecified atom stereocenters. The summed E-state index contributed by atoms with van der Waals surface area (Å²) in [6.45, 7) is 6.92. The van der Waals surface area contributed by atoms with E-state index in [9.17, 15) is 0 Å². The molecule has 0 aliphatic heterocycles. The van der Waals surface area contributed by atoms with Gasteiger partial charge in [-0.3, -0.25) is 0 Å². The fourth-order valence-corrected chi connectivity index (χ4v) is 2.97. The summed E-state index contributed by atoms with van der Waals surface area (Å²) in [5, 5.41) is 0. The highest BCUT2D eigenvalue weighted by Crippen LogP contribution is 2.18. The van der Waals surface area contributed by atoms with E-state index in [0.717, 1.165) is 5.92 Å². The molecule has 0 aromatic carbocycles. The van der Waals surface area contributed by atoms with E-state index >= 15 is 0 Å². The van der Waals surface area contributed by atoms with Crippen LogP contribution in [0.4, 0.5) is 0 Å². The average Bonchev–Trinajstić information content (AvgIpc) is 2.45. The van der Waals surface area contributed by atoms with Crippen molar-refractivity contribution in [2.24, 2.45) is 5.92 Å². The molecule has 0 saturated carbocycles. The molecule has 1 atom stereocenters. The minimum Gasteiger partial charge on any atom is -0.0654 e. The van der Waals surface area contributed by atoms with Crippen molar-refractivity contribution in [2.75, 3.05) is 0 Å². The Morgan fingerprint density at radius 3 is 1.60 bits per heavy atom. The zero-order valence-electron chi connectivity index (χ0n) is 14.8. The molecule has 0 aliphatic rings. The van der Waals surface area contributed by atoms with E-state index in [2.05, 4.69) is 27.2 Å². The van der Waals surface area contributed by atoms with Crippen LogP contribution >= 0.6 is 0 Å². The van der Waals surface area contributed by atoms with E-state index < -0.39 is 0 Å². The minimum absolute atomic E-state index is 0.963. The Morgan fingerprint density at radius 2 is 1.10 bits per heavy atom. The van der Waals surface area contributed by atoms with Gasteiger partial charge < -0.3 is 0 Å². The van der Waals surface area contributed by atoms with Gasteiger partial charge in [-0.2, -0.15) is 0 Å². The summed E-state index contributed by atoms with van der Waals surface area (Å²) in [5.74, 6) is 0.963. The van der Waals surface area contributed by atoms with Gasteiger partial charge >= 0.3 is 0 Å². The zero-order chi connectivity index (χ0) is 14.9. The van der Waals surface area contributed by atoms with E-state index in [1.165, 1.54) is 96.3 Å². The molecule has 0 aromatic rings. The van der Waals surface area contributed by atoms with Crippen molar-refractivity contribution in [1.82, 2.24) is 0 Å². The number of hydrogen-bond acceptors (Lipinski definition) is 0. The molecular formula is C20H41. The van der Waals surface area contributed by atoms with E-state index in [4.69, 9.17) is 0 Å². The quantitative estimate of drug-likeness (QED) is 0.254. The SMILES string of the molecule is C[CH]CCCCCC(C)CCCCCCCCCCC. The molecule has 0 amide bonds. The molecule has 0 spiro atoms. The molecule has 121 valence electrons. The normalized spacial score (nSPS) is 12.8. The topological polar surface area (TPSA) is 0 Å². The van der Waals surface area contributed by atoms with Gasteiger partial charge in [-0.25, -0.2) is 0 Å². The first-order valence-electron chi connectivity index (χ1n) is 9.59. The summed E-state index contributed by atoms with van der Waals surface area (Å²) in [5.41, 5.74) is 0. The lowest BCUT2D eigenvalue weighted by molar-refractivity contribution is 0.433. The predicted octanol–water partition coefficient (Wildman–Crippen LogP) is 7.72. The summed E-state index contributed by atoms with van der Waals surface area (Å²) >= 11 is 0. The highest BCUT2D eigenvalue weighted by Gasteiger charge is 2.01. The molecule has 20 heavy (non-hydrogen) atoms. The van der Waals surface area contributed by atoms with E-state index in [0.29, 0.717) is 0 Å². The van der Waals surface area contributed by atoms with Crippen LogP contribution in [0.3, 0.4) is 0 Å². The maximum atomic E-state index is 2.46. The van der Waals surface area contributed by atoms with Crippen LogP contribution in [0.15, 0.2) is 0 Å². The lowest BCUT2D eigenvalue weighted by atomic mass is 9.96. The van der Waals surface area contributed by atoms with Gasteiger partial charge in [0.2, 0.25) is 0 Å². The van der Waals surface area contributed by atoms with E-state index in [-0.39, 0.29) is 0 Å². The minimum atomic E-state index is 0.963. The van der Waals surface area contributed by atoms with Crippen LogP contribution in [0.2, 0.25) is 0 Å². The van der Waals surface area contributed by atoms with Gasteiger partial charge in [0.15, 0.2) is 0 Å². The fraction of sp³-hybridized carbons (Fsp3) is 0.950. The predicted molar refractivity (Wildman–Crippen MR) is 94.1 cm³/mol. The Bertz CT molecular complexity index is 161. The summed E-state index contributed by atoms with van der Waals surface area (Å²) in [6.07, 6.45) is 23.9. The van der Waals surface area contributed by atoms with Crippen molar-refractivity contribution >= 4 is 0 Å². The maximum Gasteiger partial charge on any atom is -0.0417 e. The second-order valence-corrected chi connectivity index (χ2v) is 6.77. The molecular weight excluding hydrogens is 240 g/mol. The van der Waals surface area contributed by atoms with Crippen molar-refractivity contribution in [2.45, 2.75) is 117 Å². The van der Waals surface area contributed by atoms with Gasteiger partial charge in [-0.15, -0.1) is 0 Å². The van der Waals surface area contributed by atoms with Gasteiger partial charge in [-0.1, -0.05) is 117 Å². The molecule has 0 fully saturated rings. The molecule has 0 saturated heterocycles. The van der Waals surface area contributed by atoms with E-state index in [1.54, 1.807) is 0 Å². The summed E-state index contributed by atoms with van der Waals surface area (Å²) in [4.78, 5) is 0. The zero-order valence-corrected chi connectivity index (χ0v) is 14.8. The highest BCUT2D eigenvalue weighted by atomic mass is 14.1. The van der Waals surface area contributed by atoms with Crippen molar-refractivity contribution in [3.05, 3.63) is 6.42 Å². The molecule has 0 N–H and O–H groups in total. The molecule has 0 bridgehead atoms. The number of hydrogen-bond donors (Lipinski definition) is 0. The average molecular weight is 282 g/mol. The molecule has 0 heteroatoms. The first kappa shape index (κ1) is 20.0. The third-order valence-electron chi connectivity index (χ3n) is 4.49. The van der Waals surface area contributed by atoms with Gasteiger partial charge in [0.25, 0.3) is 0 Å². The van der Waals surface area contributed by atoms with Crippen molar-refractivity contribution < 1.29 is 0 Å². The smallest absolute Gasteiger partial charge is 0.0417 e. The van der Waals surface area contributed by atoms with Gasteiger partial charge in [0, 0.05) is 0 Å². The van der Waals surface area contributed by atoms with Crippen LogP contribution in [0, 0.1) is 12.3 Å². The fourth-order valence-electron chi connectivity index (χ4n) is 2.97. The lowest BCUT2D eigenvalue weighted by Crippen LogP contribution is -1.95.